The van der Waals surface area contributed by atoms with Crippen molar-refractivity contribution in [3.05, 3.63) is 30.1 Å². The first-order valence-electron chi connectivity index (χ1n) is 6.40. The number of carbonyl (C=O) groups excluding carboxylic acids is 1. The number of rotatable bonds is 5. The van der Waals surface area contributed by atoms with Crippen molar-refractivity contribution in [1.29, 1.82) is 0 Å². The minimum Gasteiger partial charge on any atom is -0.480 e. The van der Waals surface area contributed by atoms with Crippen LogP contribution >= 0.6 is 0 Å². The van der Waals surface area contributed by atoms with E-state index in [2.05, 4.69) is 10.3 Å². The van der Waals surface area contributed by atoms with Crippen molar-refractivity contribution in [2.24, 2.45) is 0 Å². The zero-order valence-corrected chi connectivity index (χ0v) is 11.9. The standard InChI is InChI=1S/C14H20N2O4/c1-14(2,3)20-13(19)16-11(12(17)18)8-7-10-6-4-5-9-15-10/h4-6,9,11H,7-8H2,1-3H3,(H,16,19)(H,17,18)/t11-/m1/s1. The minimum atomic E-state index is -1.09. The monoisotopic (exact) mass is 280 g/mol. The van der Waals surface area contributed by atoms with E-state index in [1.54, 1.807) is 33.0 Å². The van der Waals surface area contributed by atoms with Gasteiger partial charge in [0.25, 0.3) is 0 Å². The molecule has 0 fully saturated rings. The summed E-state index contributed by atoms with van der Waals surface area (Å²) in [4.78, 5) is 26.8. The second-order valence-corrected chi connectivity index (χ2v) is 5.40. The molecule has 1 amide bonds. The molecule has 1 aromatic rings. The van der Waals surface area contributed by atoms with E-state index in [9.17, 15) is 9.59 Å². The fraction of sp³-hybridized carbons (Fsp3) is 0.500. The van der Waals surface area contributed by atoms with Crippen LogP contribution in [0.3, 0.4) is 0 Å². The lowest BCUT2D eigenvalue weighted by Crippen LogP contribution is -2.43. The summed E-state index contributed by atoms with van der Waals surface area (Å²) in [6.07, 6.45) is 1.64. The number of carboxylic acids is 1. The first-order chi connectivity index (χ1) is 9.28. The van der Waals surface area contributed by atoms with Gasteiger partial charge in [-0.1, -0.05) is 6.07 Å². The van der Waals surface area contributed by atoms with Crippen LogP contribution in [-0.4, -0.2) is 33.8 Å². The first-order valence-corrected chi connectivity index (χ1v) is 6.40. The maximum Gasteiger partial charge on any atom is 0.408 e. The summed E-state index contributed by atoms with van der Waals surface area (Å²) in [5.74, 6) is -1.09. The number of nitrogens with zero attached hydrogens (tertiary/aromatic N) is 1. The molecule has 0 spiro atoms. The van der Waals surface area contributed by atoms with Crippen molar-refractivity contribution in [1.82, 2.24) is 10.3 Å². The number of aliphatic carboxylic acids is 1. The Balaban J connectivity index is 2.53. The molecule has 1 atom stereocenters. The first kappa shape index (κ1) is 15.9. The second kappa shape index (κ2) is 6.88. The molecule has 0 aliphatic rings. The third kappa shape index (κ3) is 6.17. The van der Waals surface area contributed by atoms with Gasteiger partial charge in [-0.05, 0) is 45.7 Å². The number of hydrogen-bond acceptors (Lipinski definition) is 4. The van der Waals surface area contributed by atoms with Crippen molar-refractivity contribution in [2.45, 2.75) is 45.3 Å². The summed E-state index contributed by atoms with van der Waals surface area (Å²) >= 11 is 0. The third-order valence-corrected chi connectivity index (χ3v) is 2.40. The smallest absolute Gasteiger partial charge is 0.408 e. The highest BCUT2D eigenvalue weighted by Gasteiger charge is 2.23. The molecule has 6 nitrogen and oxygen atoms in total. The normalized spacial score (nSPS) is 12.6. The van der Waals surface area contributed by atoms with E-state index in [-0.39, 0.29) is 6.42 Å². The molecule has 110 valence electrons. The van der Waals surface area contributed by atoms with Gasteiger partial charge in [0.2, 0.25) is 0 Å². The van der Waals surface area contributed by atoms with E-state index in [4.69, 9.17) is 9.84 Å². The average molecular weight is 280 g/mol. The summed E-state index contributed by atoms with van der Waals surface area (Å²) in [6, 6.07) is 4.44. The van der Waals surface area contributed by atoms with Gasteiger partial charge < -0.3 is 15.2 Å². The molecule has 6 heteroatoms. The van der Waals surface area contributed by atoms with Crippen molar-refractivity contribution in [3.63, 3.8) is 0 Å². The number of aryl methyl sites for hydroxylation is 1. The van der Waals surface area contributed by atoms with Gasteiger partial charge in [0.1, 0.15) is 11.6 Å². The molecular weight excluding hydrogens is 260 g/mol. The van der Waals surface area contributed by atoms with Crippen LogP contribution in [0.1, 0.15) is 32.9 Å². The van der Waals surface area contributed by atoms with E-state index in [0.717, 1.165) is 5.69 Å². The molecule has 0 aliphatic heterocycles. The van der Waals surface area contributed by atoms with Gasteiger partial charge in [-0.15, -0.1) is 0 Å². The molecule has 0 aliphatic carbocycles. The summed E-state index contributed by atoms with van der Waals surface area (Å²) < 4.78 is 5.04. The molecule has 1 heterocycles. The zero-order chi connectivity index (χ0) is 15.2. The number of carboxylic acid groups (broad SMARTS) is 1. The van der Waals surface area contributed by atoms with Gasteiger partial charge in [0.05, 0.1) is 0 Å². The number of ether oxygens (including phenoxy) is 1. The van der Waals surface area contributed by atoms with Crippen LogP contribution in [0.25, 0.3) is 0 Å². The Bertz CT molecular complexity index is 454. The van der Waals surface area contributed by atoms with Crippen LogP contribution in [0, 0.1) is 0 Å². The number of nitrogens with one attached hydrogen (secondary N) is 1. The Morgan fingerprint density at radius 1 is 1.40 bits per heavy atom. The number of carbonyl (C=O) groups is 2. The fourth-order valence-electron chi connectivity index (χ4n) is 1.55. The van der Waals surface area contributed by atoms with Gasteiger partial charge >= 0.3 is 12.1 Å². The van der Waals surface area contributed by atoms with Crippen molar-refractivity contribution in [3.8, 4) is 0 Å². The molecule has 0 saturated carbocycles. The predicted octanol–water partition coefficient (Wildman–Crippen LogP) is 1.99. The van der Waals surface area contributed by atoms with E-state index in [1.165, 1.54) is 0 Å². The SMILES string of the molecule is CC(C)(C)OC(=O)N[C@H](CCc1ccccn1)C(=O)O. The fourth-order valence-corrected chi connectivity index (χ4v) is 1.55. The van der Waals surface area contributed by atoms with Crippen molar-refractivity contribution >= 4 is 12.1 Å². The van der Waals surface area contributed by atoms with Gasteiger partial charge in [0.15, 0.2) is 0 Å². The van der Waals surface area contributed by atoms with Crippen LogP contribution in [0.15, 0.2) is 24.4 Å². The zero-order valence-electron chi connectivity index (χ0n) is 11.9. The minimum absolute atomic E-state index is 0.256. The lowest BCUT2D eigenvalue weighted by atomic mass is 10.1. The number of hydrogen-bond donors (Lipinski definition) is 2. The molecule has 2 N–H and O–H groups in total. The van der Waals surface area contributed by atoms with Crippen LogP contribution in [0.2, 0.25) is 0 Å². The van der Waals surface area contributed by atoms with Gasteiger partial charge in [-0.3, -0.25) is 4.98 Å². The topological polar surface area (TPSA) is 88.5 Å². The lowest BCUT2D eigenvalue weighted by Gasteiger charge is -2.21. The van der Waals surface area contributed by atoms with Crippen LogP contribution < -0.4 is 5.32 Å². The Morgan fingerprint density at radius 3 is 2.60 bits per heavy atom. The molecule has 0 aromatic carbocycles. The third-order valence-electron chi connectivity index (χ3n) is 2.40. The van der Waals surface area contributed by atoms with Crippen LogP contribution in [0.4, 0.5) is 4.79 Å². The quantitative estimate of drug-likeness (QED) is 0.861. The Labute approximate surface area is 118 Å². The maximum absolute atomic E-state index is 11.6. The van der Waals surface area contributed by atoms with E-state index in [1.807, 2.05) is 12.1 Å². The van der Waals surface area contributed by atoms with Gasteiger partial charge in [-0.25, -0.2) is 9.59 Å². The highest BCUT2D eigenvalue weighted by atomic mass is 16.6. The number of alkyl carbamates (subject to hydrolysis) is 1. The van der Waals surface area contributed by atoms with Crippen molar-refractivity contribution < 1.29 is 19.4 Å². The summed E-state index contributed by atoms with van der Waals surface area (Å²) in [5, 5.41) is 11.5. The van der Waals surface area contributed by atoms with E-state index < -0.39 is 23.7 Å². The number of pyridine rings is 1. The van der Waals surface area contributed by atoms with Gasteiger partial charge in [-0.2, -0.15) is 0 Å². The molecule has 0 saturated heterocycles. The van der Waals surface area contributed by atoms with E-state index in [0.29, 0.717) is 6.42 Å². The largest absolute Gasteiger partial charge is 0.480 e. The predicted molar refractivity (Wildman–Crippen MR) is 73.4 cm³/mol. The highest BCUT2D eigenvalue weighted by Crippen LogP contribution is 2.08. The van der Waals surface area contributed by atoms with Crippen molar-refractivity contribution in [2.75, 3.05) is 0 Å². The number of amides is 1. The molecular formula is C14H20N2O4. The Hall–Kier alpha value is -2.11. The van der Waals surface area contributed by atoms with Crippen LogP contribution in [0.5, 0.6) is 0 Å². The molecule has 1 rings (SSSR count). The lowest BCUT2D eigenvalue weighted by molar-refractivity contribution is -0.139. The number of aromatic nitrogens is 1. The summed E-state index contributed by atoms with van der Waals surface area (Å²) in [6.45, 7) is 5.16. The molecule has 0 bridgehead atoms. The van der Waals surface area contributed by atoms with Crippen LogP contribution in [-0.2, 0) is 16.0 Å². The summed E-state index contributed by atoms with van der Waals surface area (Å²) in [7, 11) is 0. The molecule has 0 radical (unpaired) electrons. The second-order valence-electron chi connectivity index (χ2n) is 5.40. The highest BCUT2D eigenvalue weighted by molar-refractivity contribution is 5.79. The maximum atomic E-state index is 11.6. The van der Waals surface area contributed by atoms with Gasteiger partial charge in [0, 0.05) is 11.9 Å². The molecule has 20 heavy (non-hydrogen) atoms. The summed E-state index contributed by atoms with van der Waals surface area (Å²) in [5.41, 5.74) is 0.124. The van der Waals surface area contributed by atoms with E-state index >= 15 is 0 Å². The average Bonchev–Trinajstić information content (AvgIpc) is 2.33. The Morgan fingerprint density at radius 2 is 2.10 bits per heavy atom. The molecule has 0 unspecified atom stereocenters. The Kier molecular flexibility index (Phi) is 5.49. The molecule has 1 aromatic heterocycles.